The Labute approximate surface area is 148 Å². The molecule has 0 unspecified atom stereocenters. The Hall–Kier alpha value is -1.76. The topological polar surface area (TPSA) is 110 Å². The van der Waals surface area contributed by atoms with Crippen molar-refractivity contribution < 1.29 is 16.8 Å². The molecule has 0 spiro atoms. The molecule has 0 atom stereocenters. The van der Waals surface area contributed by atoms with Crippen LogP contribution in [0.2, 0.25) is 0 Å². The van der Waals surface area contributed by atoms with Crippen LogP contribution in [0.5, 0.6) is 0 Å². The first kappa shape index (κ1) is 19.6. The molecule has 0 saturated carbocycles. The van der Waals surface area contributed by atoms with Crippen LogP contribution in [0.1, 0.15) is 30.7 Å². The van der Waals surface area contributed by atoms with E-state index in [1.807, 2.05) is 6.92 Å². The first-order valence-corrected chi connectivity index (χ1v) is 10.2. The van der Waals surface area contributed by atoms with Gasteiger partial charge in [0.15, 0.2) is 0 Å². The molecule has 0 N–H and O–H groups in total. The van der Waals surface area contributed by atoms with Crippen molar-refractivity contribution in [1.29, 1.82) is 0 Å². The molecule has 25 heavy (non-hydrogen) atoms. The van der Waals surface area contributed by atoms with Crippen LogP contribution in [-0.4, -0.2) is 71.5 Å². The van der Waals surface area contributed by atoms with Gasteiger partial charge in [-0.15, -0.1) is 0 Å². The minimum absolute atomic E-state index is 0.322. The Morgan fingerprint density at radius 3 is 1.52 bits per heavy atom. The summed E-state index contributed by atoms with van der Waals surface area (Å²) in [6.45, 7) is 1.89. The lowest BCUT2D eigenvalue weighted by molar-refractivity contribution is 0.509. The van der Waals surface area contributed by atoms with Crippen LogP contribution in [-0.2, 0) is 20.4 Å². The second-order valence-corrected chi connectivity index (χ2v) is 9.89. The number of aromatic nitrogens is 4. The van der Waals surface area contributed by atoms with E-state index in [0.717, 1.165) is 16.6 Å². The van der Waals surface area contributed by atoms with Crippen molar-refractivity contribution in [2.24, 2.45) is 0 Å². The van der Waals surface area contributed by atoms with Crippen LogP contribution in [0.3, 0.4) is 0 Å². The molecule has 2 aromatic heterocycles. The van der Waals surface area contributed by atoms with Crippen molar-refractivity contribution in [2.45, 2.75) is 19.3 Å². The zero-order chi connectivity index (χ0) is 19.0. The Kier molecular flexibility index (Phi) is 5.37. The van der Waals surface area contributed by atoms with E-state index < -0.39 is 20.4 Å². The van der Waals surface area contributed by atoms with Gasteiger partial charge in [0.1, 0.15) is 12.7 Å². The first-order valence-electron chi connectivity index (χ1n) is 7.45. The third-order valence-electron chi connectivity index (χ3n) is 3.74. The lowest BCUT2D eigenvalue weighted by atomic mass is 10.0. The molecule has 0 aliphatic carbocycles. The van der Waals surface area contributed by atoms with Crippen LogP contribution < -0.4 is 0 Å². The van der Waals surface area contributed by atoms with Crippen molar-refractivity contribution in [3.05, 3.63) is 36.4 Å². The van der Waals surface area contributed by atoms with Gasteiger partial charge in [-0.3, -0.25) is 0 Å². The summed E-state index contributed by atoms with van der Waals surface area (Å²) >= 11 is 0. The molecule has 0 amide bonds. The number of hydrogen-bond acceptors (Lipinski definition) is 6. The van der Waals surface area contributed by atoms with Gasteiger partial charge >= 0.3 is 20.4 Å². The highest BCUT2D eigenvalue weighted by Gasteiger charge is 2.24. The number of nitrogens with zero attached hydrogens (tertiary/aromatic N) is 6. The van der Waals surface area contributed by atoms with E-state index in [9.17, 15) is 16.8 Å². The van der Waals surface area contributed by atoms with Crippen LogP contribution in [0, 0.1) is 0 Å². The molecule has 2 rings (SSSR count). The Bertz CT molecular complexity index is 867. The van der Waals surface area contributed by atoms with Gasteiger partial charge in [0.25, 0.3) is 0 Å². The van der Waals surface area contributed by atoms with Gasteiger partial charge in [0, 0.05) is 46.5 Å². The van der Waals surface area contributed by atoms with Gasteiger partial charge in [0.05, 0.1) is 11.4 Å². The summed E-state index contributed by atoms with van der Waals surface area (Å²) in [6, 6.07) is 0. The van der Waals surface area contributed by atoms with E-state index in [0.29, 0.717) is 17.8 Å². The van der Waals surface area contributed by atoms with Gasteiger partial charge < -0.3 is 0 Å². The zero-order valence-electron chi connectivity index (χ0n) is 14.7. The maximum absolute atomic E-state index is 12.1. The molecule has 0 saturated heterocycles. The number of imidazole rings is 2. The fraction of sp³-hybridized carbons (Fsp3) is 0.538. The zero-order valence-corrected chi connectivity index (χ0v) is 16.4. The SMILES string of the molecule is CCC(c1cn(S(=O)(=O)N(C)C)cn1)c1cn(S(=O)(=O)N(C)C)cn1. The fourth-order valence-corrected chi connectivity index (χ4v) is 3.77. The van der Waals surface area contributed by atoms with E-state index in [2.05, 4.69) is 9.97 Å². The predicted molar refractivity (Wildman–Crippen MR) is 92.6 cm³/mol. The number of rotatable bonds is 7. The molecule has 10 nitrogen and oxygen atoms in total. The highest BCUT2D eigenvalue weighted by atomic mass is 32.2. The van der Waals surface area contributed by atoms with E-state index in [4.69, 9.17) is 0 Å². The smallest absolute Gasteiger partial charge is 0.240 e. The summed E-state index contributed by atoms with van der Waals surface area (Å²) in [5.41, 5.74) is 1.00. The van der Waals surface area contributed by atoms with Gasteiger partial charge in [-0.25, -0.2) is 17.9 Å². The molecule has 0 bridgehead atoms. The van der Waals surface area contributed by atoms with Gasteiger partial charge in [0.2, 0.25) is 0 Å². The highest BCUT2D eigenvalue weighted by molar-refractivity contribution is 7.87. The van der Waals surface area contributed by atoms with Crippen molar-refractivity contribution >= 4 is 20.4 Å². The summed E-state index contributed by atoms with van der Waals surface area (Å²) in [4.78, 5) is 8.33. The van der Waals surface area contributed by atoms with Crippen molar-refractivity contribution in [2.75, 3.05) is 28.2 Å². The third kappa shape index (κ3) is 3.61. The van der Waals surface area contributed by atoms with Crippen LogP contribution in [0.4, 0.5) is 0 Å². The molecule has 0 aliphatic heterocycles. The Balaban J connectivity index is 2.40. The second-order valence-electron chi connectivity index (χ2n) is 5.80. The van der Waals surface area contributed by atoms with E-state index in [1.54, 1.807) is 0 Å². The Morgan fingerprint density at radius 2 is 1.24 bits per heavy atom. The first-order chi connectivity index (χ1) is 11.5. The predicted octanol–water partition coefficient (Wildman–Crippen LogP) is -0.0695. The van der Waals surface area contributed by atoms with E-state index >= 15 is 0 Å². The quantitative estimate of drug-likeness (QED) is 0.654. The average Bonchev–Trinajstić information content (AvgIpc) is 3.18. The van der Waals surface area contributed by atoms with Gasteiger partial charge in [-0.2, -0.15) is 25.4 Å². The maximum Gasteiger partial charge on any atom is 0.308 e. The average molecular weight is 390 g/mol. The molecule has 0 fully saturated rings. The minimum atomic E-state index is -3.65. The fourth-order valence-electron chi connectivity index (χ4n) is 2.20. The second kappa shape index (κ2) is 6.86. The molecule has 0 aromatic carbocycles. The number of hydrogen-bond donors (Lipinski definition) is 0. The van der Waals surface area contributed by atoms with Crippen LogP contribution >= 0.6 is 0 Å². The largest absolute Gasteiger partial charge is 0.308 e. The summed E-state index contributed by atoms with van der Waals surface area (Å²) in [5, 5.41) is 0. The maximum atomic E-state index is 12.1. The molecule has 2 aromatic rings. The summed E-state index contributed by atoms with van der Waals surface area (Å²) in [6.07, 6.45) is 5.87. The summed E-state index contributed by atoms with van der Waals surface area (Å²) in [5.74, 6) is -0.322. The van der Waals surface area contributed by atoms with E-state index in [-0.39, 0.29) is 5.92 Å². The normalized spacial score (nSPS) is 13.3. The lowest BCUT2D eigenvalue weighted by Crippen LogP contribution is -2.27. The monoisotopic (exact) mass is 390 g/mol. The molecule has 12 heteroatoms. The van der Waals surface area contributed by atoms with Crippen LogP contribution in [0.25, 0.3) is 0 Å². The Morgan fingerprint density at radius 1 is 0.880 bits per heavy atom. The third-order valence-corrected chi connectivity index (χ3v) is 7.05. The lowest BCUT2D eigenvalue weighted by Gasteiger charge is -2.12. The van der Waals surface area contributed by atoms with Crippen LogP contribution in [0.15, 0.2) is 25.0 Å². The van der Waals surface area contributed by atoms with Gasteiger partial charge in [-0.05, 0) is 6.42 Å². The molecule has 0 radical (unpaired) electrons. The van der Waals surface area contributed by atoms with Gasteiger partial charge in [-0.1, -0.05) is 6.92 Å². The molecule has 2 heterocycles. The summed E-state index contributed by atoms with van der Waals surface area (Å²) < 4.78 is 52.8. The van der Waals surface area contributed by atoms with Crippen molar-refractivity contribution in [1.82, 2.24) is 26.5 Å². The minimum Gasteiger partial charge on any atom is -0.240 e. The molecular formula is C13H22N6O4S2. The van der Waals surface area contributed by atoms with Crippen molar-refractivity contribution in [3.8, 4) is 0 Å². The van der Waals surface area contributed by atoms with Crippen molar-refractivity contribution in [3.63, 3.8) is 0 Å². The summed E-state index contributed by atoms with van der Waals surface area (Å²) in [7, 11) is -1.58. The molecule has 140 valence electrons. The highest BCUT2D eigenvalue weighted by Crippen LogP contribution is 2.26. The standard InChI is InChI=1S/C13H22N6O4S2/c1-6-11(12-7-18(9-14-12)24(20,21)16(2)3)13-8-19(10-15-13)25(22,23)17(4)5/h7-11H,6H2,1-5H3. The molecular weight excluding hydrogens is 368 g/mol. The van der Waals surface area contributed by atoms with E-state index in [1.165, 1.54) is 53.2 Å². The molecule has 0 aliphatic rings.